The highest BCUT2D eigenvalue weighted by Crippen LogP contribution is 2.13. The summed E-state index contributed by atoms with van der Waals surface area (Å²) in [5.41, 5.74) is 1.02. The first-order valence-corrected chi connectivity index (χ1v) is 8.28. The molecule has 1 aliphatic rings. The number of carbonyl (C=O) groups excluding carboxylic acids is 2. The summed E-state index contributed by atoms with van der Waals surface area (Å²) in [6.07, 6.45) is 0.286. The van der Waals surface area contributed by atoms with Gasteiger partial charge in [0, 0.05) is 53.1 Å². The SMILES string of the molecule is Cn1c(=O)n(C)c2nc(NC(=O)CCC(=O)N3CCNCC3)ccc21. The molecule has 3 rings (SSSR count). The van der Waals surface area contributed by atoms with Gasteiger partial charge in [0.1, 0.15) is 5.82 Å². The lowest BCUT2D eigenvalue weighted by molar-refractivity contribution is -0.133. The molecule has 0 aromatic carbocycles. The Labute approximate surface area is 144 Å². The number of aromatic nitrogens is 3. The molecule has 0 bridgehead atoms. The molecule has 0 spiro atoms. The maximum atomic E-state index is 12.1. The van der Waals surface area contributed by atoms with Crippen molar-refractivity contribution in [3.8, 4) is 0 Å². The van der Waals surface area contributed by atoms with Crippen molar-refractivity contribution in [2.75, 3.05) is 31.5 Å². The van der Waals surface area contributed by atoms with Gasteiger partial charge >= 0.3 is 5.69 Å². The Morgan fingerprint density at radius 1 is 1.16 bits per heavy atom. The lowest BCUT2D eigenvalue weighted by atomic mass is 10.2. The number of piperazine rings is 1. The summed E-state index contributed by atoms with van der Waals surface area (Å²) in [6, 6.07) is 3.39. The fourth-order valence-corrected chi connectivity index (χ4v) is 2.94. The van der Waals surface area contributed by atoms with E-state index in [1.807, 2.05) is 0 Å². The van der Waals surface area contributed by atoms with E-state index in [1.165, 1.54) is 9.13 Å². The smallest absolute Gasteiger partial charge is 0.329 e. The predicted molar refractivity (Wildman–Crippen MR) is 93.3 cm³/mol. The number of fused-ring (bicyclic) bond motifs is 1. The van der Waals surface area contributed by atoms with Gasteiger partial charge in [-0.2, -0.15) is 0 Å². The molecule has 2 aromatic rings. The van der Waals surface area contributed by atoms with E-state index in [-0.39, 0.29) is 30.3 Å². The summed E-state index contributed by atoms with van der Waals surface area (Å²) < 4.78 is 2.93. The first kappa shape index (κ1) is 17.2. The number of nitrogens with zero attached hydrogens (tertiary/aromatic N) is 4. The van der Waals surface area contributed by atoms with Crippen LogP contribution in [0, 0.1) is 0 Å². The summed E-state index contributed by atoms with van der Waals surface area (Å²) in [5.74, 6) is 0.0927. The third-order valence-corrected chi connectivity index (χ3v) is 4.41. The number of anilines is 1. The topological polar surface area (TPSA) is 101 Å². The van der Waals surface area contributed by atoms with Gasteiger partial charge in [-0.25, -0.2) is 9.78 Å². The zero-order chi connectivity index (χ0) is 18.0. The number of hydrogen-bond acceptors (Lipinski definition) is 5. The average Bonchev–Trinajstić information content (AvgIpc) is 2.84. The van der Waals surface area contributed by atoms with Gasteiger partial charge in [-0.15, -0.1) is 0 Å². The van der Waals surface area contributed by atoms with Crippen molar-refractivity contribution in [2.24, 2.45) is 14.1 Å². The summed E-state index contributed by atoms with van der Waals surface area (Å²) in [5, 5.41) is 5.88. The minimum absolute atomic E-state index is 0.00878. The van der Waals surface area contributed by atoms with E-state index in [1.54, 1.807) is 31.1 Å². The second-order valence-electron chi connectivity index (χ2n) is 6.12. The minimum atomic E-state index is -0.267. The van der Waals surface area contributed by atoms with Gasteiger partial charge in [-0.05, 0) is 12.1 Å². The highest BCUT2D eigenvalue weighted by atomic mass is 16.2. The molecule has 0 saturated carbocycles. The number of carbonyl (C=O) groups is 2. The lowest BCUT2D eigenvalue weighted by Gasteiger charge is -2.27. The van der Waals surface area contributed by atoms with Crippen molar-refractivity contribution in [1.29, 1.82) is 0 Å². The van der Waals surface area contributed by atoms with E-state index in [2.05, 4.69) is 15.6 Å². The van der Waals surface area contributed by atoms with Crippen LogP contribution in [0.15, 0.2) is 16.9 Å². The Hall–Kier alpha value is -2.68. The highest BCUT2D eigenvalue weighted by Gasteiger charge is 2.17. The van der Waals surface area contributed by atoms with E-state index >= 15 is 0 Å². The van der Waals surface area contributed by atoms with Gasteiger partial charge < -0.3 is 15.5 Å². The molecule has 0 radical (unpaired) electrons. The van der Waals surface area contributed by atoms with Crippen LogP contribution in [0.3, 0.4) is 0 Å². The summed E-state index contributed by atoms with van der Waals surface area (Å²) in [4.78, 5) is 42.2. The molecule has 2 amide bonds. The van der Waals surface area contributed by atoms with Crippen LogP contribution in [0.4, 0.5) is 5.82 Å². The van der Waals surface area contributed by atoms with E-state index in [0.29, 0.717) is 30.1 Å². The van der Waals surface area contributed by atoms with Crippen LogP contribution in [-0.4, -0.2) is 57.0 Å². The van der Waals surface area contributed by atoms with Crippen molar-refractivity contribution >= 4 is 28.8 Å². The Morgan fingerprint density at radius 3 is 2.60 bits per heavy atom. The zero-order valence-corrected chi connectivity index (χ0v) is 14.4. The summed E-state index contributed by atoms with van der Waals surface area (Å²) >= 11 is 0. The largest absolute Gasteiger partial charge is 0.340 e. The van der Waals surface area contributed by atoms with Crippen molar-refractivity contribution < 1.29 is 9.59 Å². The maximum Gasteiger partial charge on any atom is 0.329 e. The molecule has 9 heteroatoms. The molecule has 0 aliphatic carbocycles. The molecule has 0 unspecified atom stereocenters. The van der Waals surface area contributed by atoms with Gasteiger partial charge in [0.15, 0.2) is 5.65 Å². The Morgan fingerprint density at radius 2 is 1.88 bits per heavy atom. The third-order valence-electron chi connectivity index (χ3n) is 4.41. The minimum Gasteiger partial charge on any atom is -0.340 e. The van der Waals surface area contributed by atoms with Gasteiger partial charge in [0.25, 0.3) is 0 Å². The normalized spacial score (nSPS) is 14.7. The molecule has 25 heavy (non-hydrogen) atoms. The van der Waals surface area contributed by atoms with Crippen molar-refractivity contribution in [3.05, 3.63) is 22.6 Å². The molecule has 0 atom stereocenters. The molecule has 1 saturated heterocycles. The van der Waals surface area contributed by atoms with Crippen LogP contribution >= 0.6 is 0 Å². The average molecular weight is 346 g/mol. The molecular weight excluding hydrogens is 324 g/mol. The number of amides is 2. The number of aryl methyl sites for hydroxylation is 2. The number of pyridine rings is 1. The van der Waals surface area contributed by atoms with E-state index < -0.39 is 0 Å². The lowest BCUT2D eigenvalue weighted by Crippen LogP contribution is -2.46. The number of hydrogen-bond donors (Lipinski definition) is 2. The van der Waals surface area contributed by atoms with Crippen LogP contribution in [-0.2, 0) is 23.7 Å². The van der Waals surface area contributed by atoms with Crippen LogP contribution < -0.4 is 16.3 Å². The first-order chi connectivity index (χ1) is 12.0. The summed E-state index contributed by atoms with van der Waals surface area (Å²) in [6.45, 7) is 2.94. The molecule has 1 fully saturated rings. The van der Waals surface area contributed by atoms with Crippen LogP contribution in [0.5, 0.6) is 0 Å². The Kier molecular flexibility index (Phi) is 4.84. The fraction of sp³-hybridized carbons (Fsp3) is 0.500. The second kappa shape index (κ2) is 7.06. The molecule has 2 N–H and O–H groups in total. The maximum absolute atomic E-state index is 12.1. The van der Waals surface area contributed by atoms with Crippen molar-refractivity contribution in [3.63, 3.8) is 0 Å². The van der Waals surface area contributed by atoms with Crippen molar-refractivity contribution in [2.45, 2.75) is 12.8 Å². The molecular formula is C16H22N6O3. The zero-order valence-electron chi connectivity index (χ0n) is 14.4. The van der Waals surface area contributed by atoms with Crippen LogP contribution in [0.1, 0.15) is 12.8 Å². The predicted octanol–water partition coefficient (Wildman–Crippen LogP) is -0.577. The third kappa shape index (κ3) is 3.55. The van der Waals surface area contributed by atoms with Crippen molar-refractivity contribution in [1.82, 2.24) is 24.3 Å². The van der Waals surface area contributed by atoms with E-state index in [4.69, 9.17) is 0 Å². The second-order valence-corrected chi connectivity index (χ2v) is 6.12. The van der Waals surface area contributed by atoms with Gasteiger partial charge in [-0.1, -0.05) is 0 Å². The fourth-order valence-electron chi connectivity index (χ4n) is 2.94. The monoisotopic (exact) mass is 346 g/mol. The quantitative estimate of drug-likeness (QED) is 0.771. The molecule has 3 heterocycles. The number of imidazole rings is 1. The molecule has 2 aromatic heterocycles. The first-order valence-electron chi connectivity index (χ1n) is 8.28. The Bertz CT molecular complexity index is 863. The number of nitrogens with one attached hydrogen (secondary N) is 2. The summed E-state index contributed by atoms with van der Waals surface area (Å²) in [7, 11) is 3.31. The van der Waals surface area contributed by atoms with E-state index in [9.17, 15) is 14.4 Å². The van der Waals surface area contributed by atoms with Gasteiger partial charge in [0.05, 0.1) is 5.52 Å². The standard InChI is InChI=1S/C16H22N6O3/c1-20-11-3-4-12(19-15(11)21(2)16(20)25)18-13(23)5-6-14(24)22-9-7-17-8-10-22/h3-4,17H,5-10H2,1-2H3,(H,18,19,23). The Balaban J connectivity index is 1.61. The van der Waals surface area contributed by atoms with Gasteiger partial charge in [0.2, 0.25) is 11.8 Å². The van der Waals surface area contributed by atoms with Crippen LogP contribution in [0.2, 0.25) is 0 Å². The number of rotatable bonds is 4. The van der Waals surface area contributed by atoms with Crippen LogP contribution in [0.25, 0.3) is 11.2 Å². The highest BCUT2D eigenvalue weighted by molar-refractivity contribution is 5.93. The molecule has 1 aliphatic heterocycles. The van der Waals surface area contributed by atoms with Gasteiger partial charge in [-0.3, -0.25) is 18.7 Å². The van der Waals surface area contributed by atoms with E-state index in [0.717, 1.165) is 13.1 Å². The molecule has 9 nitrogen and oxygen atoms in total. The molecule has 134 valence electrons.